The molecule has 0 aliphatic carbocycles. The zero-order valence-corrected chi connectivity index (χ0v) is 11.6. The van der Waals surface area contributed by atoms with E-state index in [0.29, 0.717) is 0 Å². The number of fused-ring (bicyclic) bond motifs is 1. The number of aliphatic carboxylic acids is 1. The molecular weight excluding hydrogens is 288 g/mol. The Bertz CT molecular complexity index is 443. The minimum atomic E-state index is -0.731. The van der Waals surface area contributed by atoms with E-state index in [-0.39, 0.29) is 5.92 Å². The van der Waals surface area contributed by atoms with Gasteiger partial charge in [-0.1, -0.05) is 15.9 Å². The van der Waals surface area contributed by atoms with Crippen molar-refractivity contribution in [2.24, 2.45) is 5.41 Å². The van der Waals surface area contributed by atoms with Gasteiger partial charge in [-0.3, -0.25) is 4.79 Å². The maximum Gasteiger partial charge on any atom is 0.309 e. The van der Waals surface area contributed by atoms with Gasteiger partial charge in [-0.05, 0) is 37.6 Å². The van der Waals surface area contributed by atoms with Crippen LogP contribution in [0.2, 0.25) is 0 Å². The maximum atomic E-state index is 11.3. The van der Waals surface area contributed by atoms with Gasteiger partial charge in [0.2, 0.25) is 0 Å². The van der Waals surface area contributed by atoms with E-state index in [2.05, 4.69) is 22.0 Å². The lowest BCUT2D eigenvalue weighted by Gasteiger charge is -2.27. The summed E-state index contributed by atoms with van der Waals surface area (Å²) in [7, 11) is 0. The summed E-state index contributed by atoms with van der Waals surface area (Å²) >= 11 is 5.18. The van der Waals surface area contributed by atoms with Crippen LogP contribution in [0.4, 0.5) is 0 Å². The molecule has 2 nitrogen and oxygen atoms in total. The van der Waals surface area contributed by atoms with Crippen LogP contribution in [0.1, 0.15) is 25.3 Å². The van der Waals surface area contributed by atoms with Gasteiger partial charge in [-0.25, -0.2) is 0 Å². The number of carboxylic acid groups (broad SMARTS) is 1. The summed E-state index contributed by atoms with van der Waals surface area (Å²) in [5.74, 6) is 0.207. The van der Waals surface area contributed by atoms with E-state index in [4.69, 9.17) is 0 Å². The zero-order valence-electron chi connectivity index (χ0n) is 9.16. The fourth-order valence-corrected chi connectivity index (χ4v) is 3.79. The number of hydrogen-bond donors (Lipinski definition) is 1. The second kappa shape index (κ2) is 4.08. The minimum Gasteiger partial charge on any atom is -0.481 e. The van der Waals surface area contributed by atoms with Crippen LogP contribution in [0.25, 0.3) is 0 Å². The number of benzene rings is 1. The molecule has 1 unspecified atom stereocenters. The SMILES string of the molecule is CC(C)(C(=O)O)C1CSc2ccc(Br)cc21. The van der Waals surface area contributed by atoms with Crippen LogP contribution in [0.5, 0.6) is 0 Å². The Morgan fingerprint density at radius 2 is 2.25 bits per heavy atom. The molecule has 16 heavy (non-hydrogen) atoms. The number of carbonyl (C=O) groups is 1. The van der Waals surface area contributed by atoms with Crippen LogP contribution in [0.15, 0.2) is 27.6 Å². The third-order valence-corrected chi connectivity index (χ3v) is 4.85. The van der Waals surface area contributed by atoms with Gasteiger partial charge >= 0.3 is 5.97 Å². The van der Waals surface area contributed by atoms with Gasteiger partial charge < -0.3 is 5.11 Å². The van der Waals surface area contributed by atoms with Crippen molar-refractivity contribution in [2.75, 3.05) is 5.75 Å². The number of thioether (sulfide) groups is 1. The highest BCUT2D eigenvalue weighted by Gasteiger charge is 2.41. The average molecular weight is 301 g/mol. The fourth-order valence-electron chi connectivity index (χ4n) is 1.93. The first-order valence-electron chi connectivity index (χ1n) is 5.08. The van der Waals surface area contributed by atoms with E-state index in [9.17, 15) is 9.90 Å². The van der Waals surface area contributed by atoms with E-state index in [0.717, 1.165) is 15.8 Å². The van der Waals surface area contributed by atoms with Crippen LogP contribution >= 0.6 is 27.7 Å². The lowest BCUT2D eigenvalue weighted by Crippen LogP contribution is -2.31. The summed E-state index contributed by atoms with van der Waals surface area (Å²) in [6.07, 6.45) is 0. The van der Waals surface area contributed by atoms with Gasteiger partial charge in [-0.2, -0.15) is 0 Å². The lowest BCUT2D eigenvalue weighted by molar-refractivity contribution is -0.147. The second-order valence-corrected chi connectivity index (χ2v) is 6.55. The Morgan fingerprint density at radius 3 is 2.88 bits per heavy atom. The summed E-state index contributed by atoms with van der Waals surface area (Å²) in [6, 6.07) is 6.11. The number of halogens is 1. The number of hydrogen-bond acceptors (Lipinski definition) is 2. The molecule has 2 rings (SSSR count). The first kappa shape index (κ1) is 12.0. The lowest BCUT2D eigenvalue weighted by atomic mass is 9.76. The van der Waals surface area contributed by atoms with Gasteiger partial charge in [-0.15, -0.1) is 11.8 Å². The molecule has 1 aliphatic heterocycles. The maximum absolute atomic E-state index is 11.3. The fraction of sp³-hybridized carbons (Fsp3) is 0.417. The average Bonchev–Trinajstić information content (AvgIpc) is 2.60. The Morgan fingerprint density at radius 1 is 1.56 bits per heavy atom. The molecule has 4 heteroatoms. The number of carboxylic acids is 1. The normalized spacial score (nSPS) is 19.6. The summed E-state index contributed by atoms with van der Waals surface area (Å²) < 4.78 is 1.01. The monoisotopic (exact) mass is 300 g/mol. The second-order valence-electron chi connectivity index (χ2n) is 4.57. The summed E-state index contributed by atoms with van der Waals surface area (Å²) in [6.45, 7) is 3.60. The van der Waals surface area contributed by atoms with Crippen molar-refractivity contribution in [2.45, 2.75) is 24.7 Å². The summed E-state index contributed by atoms with van der Waals surface area (Å²) in [5.41, 5.74) is 0.450. The number of rotatable bonds is 2. The van der Waals surface area contributed by atoms with Crippen LogP contribution < -0.4 is 0 Å². The molecule has 0 radical (unpaired) electrons. The van der Waals surface area contributed by atoms with Gasteiger partial charge in [0, 0.05) is 21.0 Å². The smallest absolute Gasteiger partial charge is 0.309 e. The summed E-state index contributed by atoms with van der Waals surface area (Å²) in [4.78, 5) is 12.5. The minimum absolute atomic E-state index is 0.0856. The Labute approximate surface area is 108 Å². The standard InChI is InChI=1S/C12H13BrO2S/c1-12(2,11(14)15)9-6-16-10-4-3-7(13)5-8(9)10/h3-5,9H,6H2,1-2H3,(H,14,15). The highest BCUT2D eigenvalue weighted by Crippen LogP contribution is 2.49. The van der Waals surface area contributed by atoms with E-state index in [1.165, 1.54) is 4.90 Å². The highest BCUT2D eigenvalue weighted by atomic mass is 79.9. The van der Waals surface area contributed by atoms with Crippen LogP contribution in [0, 0.1) is 5.41 Å². The Hall–Kier alpha value is -0.480. The molecule has 1 N–H and O–H groups in total. The van der Waals surface area contributed by atoms with Crippen molar-refractivity contribution >= 4 is 33.7 Å². The Kier molecular flexibility index (Phi) is 3.05. The third-order valence-electron chi connectivity index (χ3n) is 3.18. The van der Waals surface area contributed by atoms with Gasteiger partial charge in [0.25, 0.3) is 0 Å². The van der Waals surface area contributed by atoms with Crippen LogP contribution in [-0.2, 0) is 4.79 Å². The highest BCUT2D eigenvalue weighted by molar-refractivity contribution is 9.10. The van der Waals surface area contributed by atoms with Crippen LogP contribution in [-0.4, -0.2) is 16.8 Å². The summed E-state index contributed by atoms with van der Waals surface area (Å²) in [5, 5.41) is 9.28. The molecule has 1 heterocycles. The zero-order chi connectivity index (χ0) is 11.9. The molecule has 0 fully saturated rings. The molecule has 0 saturated carbocycles. The Balaban J connectivity index is 2.43. The van der Waals surface area contributed by atoms with E-state index < -0.39 is 11.4 Å². The van der Waals surface area contributed by atoms with Gasteiger partial charge in [0.05, 0.1) is 5.41 Å². The molecule has 1 atom stereocenters. The molecular formula is C12H13BrO2S. The molecule has 0 spiro atoms. The van der Waals surface area contributed by atoms with Crippen molar-refractivity contribution in [3.63, 3.8) is 0 Å². The van der Waals surface area contributed by atoms with Crippen molar-refractivity contribution < 1.29 is 9.90 Å². The quantitative estimate of drug-likeness (QED) is 0.904. The van der Waals surface area contributed by atoms with Crippen molar-refractivity contribution in [1.29, 1.82) is 0 Å². The molecule has 0 bridgehead atoms. The first-order chi connectivity index (χ1) is 7.43. The predicted octanol–water partition coefficient (Wildman–Crippen LogP) is 3.75. The van der Waals surface area contributed by atoms with E-state index >= 15 is 0 Å². The molecule has 86 valence electrons. The van der Waals surface area contributed by atoms with E-state index in [1.54, 1.807) is 25.6 Å². The largest absolute Gasteiger partial charge is 0.481 e. The van der Waals surface area contributed by atoms with Crippen molar-refractivity contribution in [3.05, 3.63) is 28.2 Å². The van der Waals surface area contributed by atoms with Crippen molar-refractivity contribution in [1.82, 2.24) is 0 Å². The molecule has 0 aromatic heterocycles. The van der Waals surface area contributed by atoms with Crippen LogP contribution in [0.3, 0.4) is 0 Å². The topological polar surface area (TPSA) is 37.3 Å². The first-order valence-corrected chi connectivity index (χ1v) is 6.86. The van der Waals surface area contributed by atoms with Gasteiger partial charge in [0.1, 0.15) is 0 Å². The molecule has 1 aromatic carbocycles. The third kappa shape index (κ3) is 1.89. The van der Waals surface area contributed by atoms with Crippen molar-refractivity contribution in [3.8, 4) is 0 Å². The molecule has 1 aliphatic rings. The van der Waals surface area contributed by atoms with E-state index in [1.807, 2.05) is 12.1 Å². The molecule has 0 saturated heterocycles. The molecule has 1 aromatic rings. The predicted molar refractivity (Wildman–Crippen MR) is 69.0 cm³/mol. The molecule has 0 amide bonds. The van der Waals surface area contributed by atoms with Gasteiger partial charge in [0.15, 0.2) is 0 Å².